The predicted molar refractivity (Wildman–Crippen MR) is 127 cm³/mol. The van der Waals surface area contributed by atoms with Gasteiger partial charge in [0, 0.05) is 21.8 Å². The summed E-state index contributed by atoms with van der Waals surface area (Å²) in [5.74, 6) is -0.908. The predicted octanol–water partition coefficient (Wildman–Crippen LogP) is 5.84. The SMILES string of the molecule is Cc1ccc(NC(=O)O[C@@H](c2cc(Br)ccc2O)[C@H](/C=C/C(=O)O)Oc2ccccc2)cc1. The zero-order valence-corrected chi connectivity index (χ0v) is 19.2. The van der Waals surface area contributed by atoms with Crippen LogP contribution in [0.25, 0.3) is 0 Å². The number of halogens is 1. The number of hydrogen-bond acceptors (Lipinski definition) is 5. The Morgan fingerprint density at radius 3 is 2.39 bits per heavy atom. The summed E-state index contributed by atoms with van der Waals surface area (Å²) in [4.78, 5) is 24.0. The van der Waals surface area contributed by atoms with E-state index in [1.54, 1.807) is 54.6 Å². The molecule has 33 heavy (non-hydrogen) atoms. The van der Waals surface area contributed by atoms with E-state index in [2.05, 4.69) is 21.2 Å². The summed E-state index contributed by atoms with van der Waals surface area (Å²) in [5, 5.41) is 22.3. The lowest BCUT2D eigenvalue weighted by Crippen LogP contribution is -2.30. The van der Waals surface area contributed by atoms with Crippen molar-refractivity contribution in [1.82, 2.24) is 0 Å². The number of hydrogen-bond donors (Lipinski definition) is 3. The molecule has 0 heterocycles. The summed E-state index contributed by atoms with van der Waals surface area (Å²) in [7, 11) is 0. The van der Waals surface area contributed by atoms with Crippen molar-refractivity contribution in [1.29, 1.82) is 0 Å². The number of carboxylic acid groups (broad SMARTS) is 1. The molecule has 3 rings (SSSR count). The van der Waals surface area contributed by atoms with Gasteiger partial charge in [0.2, 0.25) is 0 Å². The number of phenolic OH excluding ortho intramolecular Hbond substituents is 1. The van der Waals surface area contributed by atoms with Crippen LogP contribution in [0.1, 0.15) is 17.2 Å². The topological polar surface area (TPSA) is 105 Å². The van der Waals surface area contributed by atoms with Gasteiger partial charge in [0.05, 0.1) is 0 Å². The van der Waals surface area contributed by atoms with Crippen LogP contribution in [0, 0.1) is 6.92 Å². The van der Waals surface area contributed by atoms with Crippen LogP contribution in [0.3, 0.4) is 0 Å². The van der Waals surface area contributed by atoms with E-state index in [9.17, 15) is 14.7 Å². The van der Waals surface area contributed by atoms with Gasteiger partial charge in [-0.05, 0) is 55.5 Å². The standard InChI is InChI=1S/C25H22BrNO6/c1-16-7-10-18(11-8-16)27-25(31)33-24(20-15-17(26)9-12-21(20)28)22(13-14-23(29)30)32-19-5-3-2-4-6-19/h2-15,22,24,28H,1H3,(H,27,31)(H,29,30)/b14-13+/t22-,24-/m0/s1. The first kappa shape index (κ1) is 23.9. The van der Waals surface area contributed by atoms with E-state index in [-0.39, 0.29) is 11.3 Å². The minimum Gasteiger partial charge on any atom is -0.508 e. The van der Waals surface area contributed by atoms with Gasteiger partial charge in [0.25, 0.3) is 0 Å². The van der Waals surface area contributed by atoms with Gasteiger partial charge in [-0.15, -0.1) is 0 Å². The Hall–Kier alpha value is -3.78. The molecule has 1 amide bonds. The fraction of sp³-hybridized carbons (Fsp3) is 0.120. The van der Waals surface area contributed by atoms with Crippen LogP contribution >= 0.6 is 15.9 Å². The third kappa shape index (κ3) is 7.11. The largest absolute Gasteiger partial charge is 0.508 e. The smallest absolute Gasteiger partial charge is 0.412 e. The van der Waals surface area contributed by atoms with E-state index >= 15 is 0 Å². The van der Waals surface area contributed by atoms with Crippen molar-refractivity contribution >= 4 is 33.7 Å². The molecule has 0 aliphatic rings. The first-order valence-corrected chi connectivity index (χ1v) is 10.8. The Labute approximate surface area is 199 Å². The van der Waals surface area contributed by atoms with Crippen molar-refractivity contribution in [3.8, 4) is 11.5 Å². The molecule has 3 aromatic rings. The second-order valence-corrected chi connectivity index (χ2v) is 8.03. The maximum atomic E-state index is 12.7. The average molecular weight is 512 g/mol. The second kappa shape index (κ2) is 11.2. The number of aryl methyl sites for hydroxylation is 1. The molecule has 0 aliphatic heterocycles. The van der Waals surface area contributed by atoms with Crippen molar-refractivity contribution in [2.75, 3.05) is 5.32 Å². The lowest BCUT2D eigenvalue weighted by atomic mass is 10.0. The molecule has 0 aliphatic carbocycles. The van der Waals surface area contributed by atoms with Crippen LogP contribution in [0.5, 0.6) is 11.5 Å². The van der Waals surface area contributed by atoms with Gasteiger partial charge in [-0.3, -0.25) is 5.32 Å². The third-order valence-corrected chi connectivity index (χ3v) is 5.06. The molecule has 0 saturated heterocycles. The van der Waals surface area contributed by atoms with Crippen LogP contribution in [0.4, 0.5) is 10.5 Å². The molecule has 0 unspecified atom stereocenters. The number of phenols is 1. The molecule has 2 atom stereocenters. The number of benzene rings is 3. The quantitative estimate of drug-likeness (QED) is 0.328. The van der Waals surface area contributed by atoms with Crippen LogP contribution in [-0.2, 0) is 9.53 Å². The number of anilines is 1. The molecule has 0 spiro atoms. The summed E-state index contributed by atoms with van der Waals surface area (Å²) in [6.45, 7) is 1.93. The maximum absolute atomic E-state index is 12.7. The molecule has 7 nitrogen and oxygen atoms in total. The Balaban J connectivity index is 1.96. The number of amides is 1. The number of aliphatic carboxylic acids is 1. The zero-order valence-electron chi connectivity index (χ0n) is 17.6. The highest BCUT2D eigenvalue weighted by atomic mass is 79.9. The highest BCUT2D eigenvalue weighted by Crippen LogP contribution is 2.34. The van der Waals surface area contributed by atoms with E-state index in [4.69, 9.17) is 14.6 Å². The monoisotopic (exact) mass is 511 g/mol. The van der Waals surface area contributed by atoms with Crippen LogP contribution in [0.15, 0.2) is 89.4 Å². The second-order valence-electron chi connectivity index (χ2n) is 7.11. The van der Waals surface area contributed by atoms with E-state index in [1.165, 1.54) is 12.1 Å². The first-order valence-electron chi connectivity index (χ1n) is 9.97. The fourth-order valence-electron chi connectivity index (χ4n) is 3.00. The van der Waals surface area contributed by atoms with Gasteiger partial charge in [-0.2, -0.15) is 0 Å². The molecule has 0 saturated carbocycles. The van der Waals surface area contributed by atoms with Crippen molar-refractivity contribution in [2.24, 2.45) is 0 Å². The Morgan fingerprint density at radius 2 is 1.73 bits per heavy atom. The molecule has 0 fully saturated rings. The molecular formula is C25H22BrNO6. The lowest BCUT2D eigenvalue weighted by molar-refractivity contribution is -0.131. The molecule has 0 radical (unpaired) electrons. The number of carbonyl (C=O) groups is 2. The van der Waals surface area contributed by atoms with E-state index < -0.39 is 24.3 Å². The Morgan fingerprint density at radius 1 is 1.03 bits per heavy atom. The molecule has 3 N–H and O–H groups in total. The average Bonchev–Trinajstić information content (AvgIpc) is 2.79. The molecule has 170 valence electrons. The molecule has 0 bridgehead atoms. The maximum Gasteiger partial charge on any atom is 0.412 e. The van der Waals surface area contributed by atoms with Gasteiger partial charge < -0.3 is 19.7 Å². The third-order valence-electron chi connectivity index (χ3n) is 4.57. The van der Waals surface area contributed by atoms with Gasteiger partial charge in [-0.1, -0.05) is 51.8 Å². The van der Waals surface area contributed by atoms with Crippen LogP contribution in [-0.4, -0.2) is 28.4 Å². The molecule has 3 aromatic carbocycles. The highest BCUT2D eigenvalue weighted by molar-refractivity contribution is 9.10. The minimum atomic E-state index is -1.20. The molecule has 8 heteroatoms. The van der Waals surface area contributed by atoms with Crippen LogP contribution < -0.4 is 10.1 Å². The van der Waals surface area contributed by atoms with Gasteiger partial charge in [0.1, 0.15) is 11.5 Å². The zero-order chi connectivity index (χ0) is 23.8. The van der Waals surface area contributed by atoms with Gasteiger partial charge in [0.15, 0.2) is 12.2 Å². The van der Waals surface area contributed by atoms with Gasteiger partial charge >= 0.3 is 12.1 Å². The number of carbonyl (C=O) groups excluding carboxylic acids is 1. The van der Waals surface area contributed by atoms with E-state index in [1.807, 2.05) is 19.1 Å². The number of nitrogens with one attached hydrogen (secondary N) is 1. The minimum absolute atomic E-state index is 0.142. The van der Waals surface area contributed by atoms with Crippen LogP contribution in [0.2, 0.25) is 0 Å². The van der Waals surface area contributed by atoms with E-state index in [0.717, 1.165) is 11.6 Å². The molecular weight excluding hydrogens is 490 g/mol. The van der Waals surface area contributed by atoms with Crippen molar-refractivity contribution in [3.05, 3.63) is 101 Å². The Kier molecular flexibility index (Phi) is 8.10. The fourth-order valence-corrected chi connectivity index (χ4v) is 3.37. The normalized spacial score (nSPS) is 12.7. The molecule has 0 aromatic heterocycles. The summed E-state index contributed by atoms with van der Waals surface area (Å²) >= 11 is 3.35. The summed E-state index contributed by atoms with van der Waals surface area (Å²) in [6.07, 6.45) is -0.874. The first-order chi connectivity index (χ1) is 15.8. The summed E-state index contributed by atoms with van der Waals surface area (Å²) in [5.41, 5.74) is 1.78. The number of ether oxygens (including phenoxy) is 2. The summed E-state index contributed by atoms with van der Waals surface area (Å²) < 4.78 is 12.3. The van der Waals surface area contributed by atoms with Crippen molar-refractivity contribution in [2.45, 2.75) is 19.1 Å². The number of rotatable bonds is 8. The van der Waals surface area contributed by atoms with Crippen molar-refractivity contribution < 1.29 is 29.3 Å². The number of aromatic hydroxyl groups is 1. The van der Waals surface area contributed by atoms with Gasteiger partial charge in [-0.25, -0.2) is 9.59 Å². The number of para-hydroxylation sites is 1. The lowest BCUT2D eigenvalue weighted by Gasteiger charge is -2.27. The van der Waals surface area contributed by atoms with Crippen molar-refractivity contribution in [3.63, 3.8) is 0 Å². The summed E-state index contributed by atoms with van der Waals surface area (Å²) in [6, 6.07) is 20.5. The van der Waals surface area contributed by atoms with E-state index in [0.29, 0.717) is 15.9 Å². The Bertz CT molecular complexity index is 1130. The number of carboxylic acids is 1. The highest BCUT2D eigenvalue weighted by Gasteiger charge is 2.30.